The van der Waals surface area contributed by atoms with Crippen molar-refractivity contribution in [1.29, 1.82) is 0 Å². The first kappa shape index (κ1) is 28.8. The second kappa shape index (κ2) is 11.3. The fourth-order valence-electron chi connectivity index (χ4n) is 6.24. The van der Waals surface area contributed by atoms with Crippen LogP contribution < -0.4 is 20.7 Å². The Morgan fingerprint density at radius 1 is 1.27 bits per heavy atom. The topological polar surface area (TPSA) is 117 Å². The van der Waals surface area contributed by atoms with E-state index in [1.54, 1.807) is 32.2 Å². The van der Waals surface area contributed by atoms with Gasteiger partial charge < -0.3 is 30.7 Å². The molecule has 1 atom stereocenters. The third-order valence-corrected chi connectivity index (χ3v) is 8.88. The molecule has 1 aromatic carbocycles. The summed E-state index contributed by atoms with van der Waals surface area (Å²) in [6, 6.07) is 6.72. The molecule has 0 unspecified atom stereocenters. The number of likely N-dealkylation sites (N-methyl/N-ethyl adjacent to an activating group) is 1. The number of benzene rings is 1. The third kappa shape index (κ3) is 5.70. The van der Waals surface area contributed by atoms with Gasteiger partial charge in [0, 0.05) is 54.0 Å². The second-order valence-corrected chi connectivity index (χ2v) is 12.3. The first-order chi connectivity index (χ1) is 19.0. The van der Waals surface area contributed by atoms with Crippen LogP contribution in [0.3, 0.4) is 0 Å². The maximum atomic E-state index is 12.7. The Balaban J connectivity index is 1.46. The van der Waals surface area contributed by atoms with E-state index in [4.69, 9.17) is 32.0 Å². The lowest BCUT2D eigenvalue weighted by Gasteiger charge is -2.61. The minimum Gasteiger partial charge on any atom is -0.491 e. The number of nitrogens with one attached hydrogen (secondary N) is 1. The molecule has 5 rings (SSSR count). The molecule has 0 bridgehead atoms. The lowest BCUT2D eigenvalue weighted by molar-refractivity contribution is -0.111. The monoisotopic (exact) mass is 568 g/mol. The average molecular weight is 569 g/mol. The molecule has 1 aliphatic heterocycles. The third-order valence-electron chi connectivity index (χ3n) is 8.55. The van der Waals surface area contributed by atoms with Crippen LogP contribution in [0.4, 0.5) is 5.82 Å². The highest BCUT2D eigenvalue weighted by molar-refractivity contribution is 6.33. The van der Waals surface area contributed by atoms with Gasteiger partial charge in [-0.15, -0.1) is 0 Å². The Labute approximate surface area is 241 Å². The SMILES string of the molecule is CNC[C@@H](O)COc1ccc(Cl)c(-c2nc(C(C(C)=O)=C(C)N)c(C)c(N3CC4(CC(N(C)C5CC5)C4)C3)n2)c1. The summed E-state index contributed by atoms with van der Waals surface area (Å²) in [6.45, 7) is 7.60. The number of ketones is 1. The number of carbonyl (C=O) groups excluding carboxylic acids is 1. The highest BCUT2D eigenvalue weighted by Gasteiger charge is 2.55. The van der Waals surface area contributed by atoms with Gasteiger partial charge in [0.1, 0.15) is 24.3 Å². The van der Waals surface area contributed by atoms with Gasteiger partial charge in [-0.25, -0.2) is 9.97 Å². The Bertz CT molecular complexity index is 1310. The van der Waals surface area contributed by atoms with Crippen molar-refractivity contribution >= 4 is 28.8 Å². The molecule has 0 amide bonds. The van der Waals surface area contributed by atoms with Gasteiger partial charge in [-0.3, -0.25) is 4.79 Å². The lowest BCUT2D eigenvalue weighted by atomic mass is 9.60. The summed E-state index contributed by atoms with van der Waals surface area (Å²) < 4.78 is 5.82. The van der Waals surface area contributed by atoms with Crippen molar-refractivity contribution in [1.82, 2.24) is 20.2 Å². The van der Waals surface area contributed by atoms with Crippen LogP contribution in [0.1, 0.15) is 50.8 Å². The van der Waals surface area contributed by atoms with Crippen molar-refractivity contribution < 1.29 is 14.6 Å². The summed E-state index contributed by atoms with van der Waals surface area (Å²) in [5.74, 6) is 1.60. The Kier molecular flexibility index (Phi) is 8.12. The number of aliphatic hydroxyl groups is 1. The van der Waals surface area contributed by atoms with E-state index in [0.29, 0.717) is 57.1 Å². The summed E-state index contributed by atoms with van der Waals surface area (Å²) in [6.07, 6.45) is 4.44. The van der Waals surface area contributed by atoms with E-state index in [-0.39, 0.29) is 12.4 Å². The normalized spacial score (nSPS) is 19.8. The lowest BCUT2D eigenvalue weighted by Crippen LogP contribution is -2.66. The molecule has 1 aromatic heterocycles. The van der Waals surface area contributed by atoms with Crippen molar-refractivity contribution in [2.75, 3.05) is 45.2 Å². The number of allylic oxidation sites excluding steroid dienone is 2. The predicted octanol–water partition coefficient (Wildman–Crippen LogP) is 3.41. The molecule has 2 heterocycles. The van der Waals surface area contributed by atoms with Gasteiger partial charge in [-0.05, 0) is 78.7 Å². The minimum absolute atomic E-state index is 0.129. The smallest absolute Gasteiger partial charge is 0.163 e. The van der Waals surface area contributed by atoms with Crippen LogP contribution in [-0.2, 0) is 4.79 Å². The van der Waals surface area contributed by atoms with E-state index in [1.807, 2.05) is 6.92 Å². The summed E-state index contributed by atoms with van der Waals surface area (Å²) >= 11 is 6.66. The van der Waals surface area contributed by atoms with Crippen LogP contribution in [-0.4, -0.2) is 84.3 Å². The summed E-state index contributed by atoms with van der Waals surface area (Å²) in [5.41, 5.74) is 9.29. The second-order valence-electron chi connectivity index (χ2n) is 11.9. The van der Waals surface area contributed by atoms with Crippen LogP contribution in [0, 0.1) is 12.3 Å². The number of carbonyl (C=O) groups is 1. The molecule has 9 nitrogen and oxygen atoms in total. The van der Waals surface area contributed by atoms with E-state index >= 15 is 0 Å². The first-order valence-corrected chi connectivity index (χ1v) is 14.5. The molecule has 2 saturated carbocycles. The van der Waals surface area contributed by atoms with Gasteiger partial charge in [-0.1, -0.05) is 11.6 Å². The van der Waals surface area contributed by atoms with Crippen LogP contribution in [0.25, 0.3) is 17.0 Å². The fraction of sp³-hybridized carbons (Fsp3) is 0.567. The maximum Gasteiger partial charge on any atom is 0.163 e. The number of aromatic nitrogens is 2. The number of anilines is 1. The molecule has 3 fully saturated rings. The van der Waals surface area contributed by atoms with Crippen molar-refractivity contribution in [2.45, 2.75) is 64.6 Å². The molecular weight excluding hydrogens is 528 g/mol. The number of aliphatic hydroxyl groups excluding tert-OH is 1. The van der Waals surface area contributed by atoms with Gasteiger partial charge in [0.2, 0.25) is 0 Å². The highest BCUT2D eigenvalue weighted by atomic mass is 35.5. The maximum absolute atomic E-state index is 12.7. The Hall–Kier alpha value is -2.72. The molecule has 1 saturated heterocycles. The number of halogens is 1. The van der Waals surface area contributed by atoms with E-state index < -0.39 is 6.10 Å². The van der Waals surface area contributed by atoms with Crippen molar-refractivity contribution in [3.63, 3.8) is 0 Å². The quantitative estimate of drug-likeness (QED) is 0.351. The van der Waals surface area contributed by atoms with Gasteiger partial charge in [0.25, 0.3) is 0 Å². The highest BCUT2D eigenvalue weighted by Crippen LogP contribution is 2.53. The first-order valence-electron chi connectivity index (χ1n) is 14.1. The molecule has 40 heavy (non-hydrogen) atoms. The average Bonchev–Trinajstić information content (AvgIpc) is 3.69. The van der Waals surface area contributed by atoms with E-state index in [0.717, 1.165) is 30.5 Å². The number of Topliss-reactive ketones (excluding diaryl/α,β-unsaturated/α-hetero) is 1. The molecule has 1 spiro atoms. The van der Waals surface area contributed by atoms with Gasteiger partial charge in [0.15, 0.2) is 11.6 Å². The summed E-state index contributed by atoms with van der Waals surface area (Å²) in [5, 5.41) is 13.5. The van der Waals surface area contributed by atoms with Crippen LogP contribution in [0.15, 0.2) is 23.9 Å². The number of rotatable bonds is 11. The van der Waals surface area contributed by atoms with Gasteiger partial charge in [-0.2, -0.15) is 0 Å². The molecule has 2 aromatic rings. The van der Waals surface area contributed by atoms with Crippen molar-refractivity contribution in [2.24, 2.45) is 11.1 Å². The van der Waals surface area contributed by atoms with Gasteiger partial charge in [0.05, 0.1) is 16.3 Å². The zero-order valence-electron chi connectivity index (χ0n) is 24.1. The zero-order chi connectivity index (χ0) is 28.8. The standard InChI is InChI=1S/C30H41ClN6O3/c1-17-27(26(18(2)32)19(3)38)34-28(24-10-23(8-9-25(24)31)40-14-22(39)13-33-4)35-29(17)37-15-30(16-37)11-21(12-30)36(5)20-6-7-20/h8-10,20-22,33,39H,6-7,11-16,32H2,1-5H3/t22-/m1/s1. The Morgan fingerprint density at radius 3 is 2.58 bits per heavy atom. The molecule has 216 valence electrons. The van der Waals surface area contributed by atoms with Crippen LogP contribution in [0.5, 0.6) is 5.75 Å². The number of nitrogens with zero attached hydrogens (tertiary/aromatic N) is 4. The minimum atomic E-state index is -0.650. The fourth-order valence-corrected chi connectivity index (χ4v) is 6.44. The van der Waals surface area contributed by atoms with Crippen LogP contribution in [0.2, 0.25) is 5.02 Å². The van der Waals surface area contributed by atoms with E-state index in [1.165, 1.54) is 32.6 Å². The Morgan fingerprint density at radius 2 is 1.98 bits per heavy atom. The van der Waals surface area contributed by atoms with E-state index in [2.05, 4.69) is 22.2 Å². The zero-order valence-corrected chi connectivity index (χ0v) is 24.9. The molecule has 4 N–H and O–H groups in total. The van der Waals surface area contributed by atoms with Crippen molar-refractivity contribution in [3.8, 4) is 17.1 Å². The van der Waals surface area contributed by atoms with E-state index in [9.17, 15) is 9.90 Å². The molecule has 10 heteroatoms. The predicted molar refractivity (Wildman–Crippen MR) is 159 cm³/mol. The van der Waals surface area contributed by atoms with Crippen molar-refractivity contribution in [3.05, 3.63) is 40.2 Å². The van der Waals surface area contributed by atoms with Gasteiger partial charge >= 0.3 is 0 Å². The number of nitrogens with two attached hydrogens (primary N) is 1. The molecular formula is C30H41ClN6O3. The van der Waals surface area contributed by atoms with Crippen LogP contribution >= 0.6 is 11.6 Å². The number of hydrogen-bond donors (Lipinski definition) is 3. The number of hydrogen-bond acceptors (Lipinski definition) is 9. The summed E-state index contributed by atoms with van der Waals surface area (Å²) in [7, 11) is 4.04. The molecule has 0 radical (unpaired) electrons. The summed E-state index contributed by atoms with van der Waals surface area (Å²) in [4.78, 5) is 27.4. The molecule has 2 aliphatic carbocycles. The largest absolute Gasteiger partial charge is 0.491 e. The number of ether oxygens (including phenoxy) is 1. The molecule has 3 aliphatic rings.